The fourth-order valence-corrected chi connectivity index (χ4v) is 1.40. The van der Waals surface area contributed by atoms with Crippen LogP contribution in [0.15, 0.2) is 24.3 Å². The molecule has 0 saturated carbocycles. The van der Waals surface area contributed by atoms with Gasteiger partial charge >= 0.3 is 5.97 Å². The Labute approximate surface area is 101 Å². The van der Waals surface area contributed by atoms with Crippen molar-refractivity contribution in [3.63, 3.8) is 0 Å². The average molecular weight is 319 g/mol. The summed E-state index contributed by atoms with van der Waals surface area (Å²) in [5.41, 5.74) is 5.76. The summed E-state index contributed by atoms with van der Waals surface area (Å²) in [5.74, 6) is -1.41. The van der Waals surface area contributed by atoms with Crippen molar-refractivity contribution in [1.82, 2.24) is 0 Å². The fraction of sp³-hybridized carbons (Fsp3) is 0.200. The molecule has 0 heterocycles. The largest absolute Gasteiger partial charge is 0.480 e. The molecule has 0 bridgehead atoms. The number of carboxylic acids is 1. The molecule has 0 saturated heterocycles. The van der Waals surface area contributed by atoms with E-state index in [1.54, 1.807) is 24.3 Å². The zero-order chi connectivity index (χ0) is 11.4. The molecule has 0 amide bonds. The van der Waals surface area contributed by atoms with Crippen LogP contribution in [0.25, 0.3) is 0 Å². The highest BCUT2D eigenvalue weighted by Gasteiger charge is 2.17. The van der Waals surface area contributed by atoms with E-state index in [0.717, 1.165) is 3.57 Å². The first-order chi connectivity index (χ1) is 7.00. The van der Waals surface area contributed by atoms with Crippen LogP contribution >= 0.6 is 22.6 Å². The van der Waals surface area contributed by atoms with E-state index in [-0.39, 0.29) is 12.2 Å². The van der Waals surface area contributed by atoms with Crippen molar-refractivity contribution >= 4 is 34.3 Å². The number of carboxylic acid groups (broad SMARTS) is 1. The zero-order valence-electron chi connectivity index (χ0n) is 7.81. The quantitative estimate of drug-likeness (QED) is 0.647. The zero-order valence-corrected chi connectivity index (χ0v) is 9.97. The van der Waals surface area contributed by atoms with Crippen LogP contribution in [0.5, 0.6) is 0 Å². The smallest absolute Gasteiger partial charge is 0.320 e. The van der Waals surface area contributed by atoms with Crippen LogP contribution in [0.3, 0.4) is 0 Å². The first-order valence-corrected chi connectivity index (χ1v) is 5.35. The maximum atomic E-state index is 11.5. The first-order valence-electron chi connectivity index (χ1n) is 4.28. The minimum absolute atomic E-state index is 0.171. The molecule has 0 aliphatic rings. The highest BCUT2D eigenvalue weighted by atomic mass is 127. The van der Waals surface area contributed by atoms with Crippen LogP contribution in [0.1, 0.15) is 16.8 Å². The molecule has 1 atom stereocenters. The van der Waals surface area contributed by atoms with Crippen LogP contribution < -0.4 is 5.73 Å². The molecule has 0 aliphatic carbocycles. The molecule has 0 aliphatic heterocycles. The Kier molecular flexibility index (Phi) is 4.22. The van der Waals surface area contributed by atoms with Gasteiger partial charge in [-0.3, -0.25) is 9.59 Å². The Morgan fingerprint density at radius 3 is 2.33 bits per heavy atom. The lowest BCUT2D eigenvalue weighted by Crippen LogP contribution is -2.32. The minimum Gasteiger partial charge on any atom is -0.480 e. The number of aliphatic carboxylic acids is 1. The van der Waals surface area contributed by atoms with Crippen molar-refractivity contribution in [2.75, 3.05) is 0 Å². The van der Waals surface area contributed by atoms with Gasteiger partial charge in [-0.15, -0.1) is 0 Å². The Morgan fingerprint density at radius 2 is 1.87 bits per heavy atom. The molecule has 0 aromatic heterocycles. The SMILES string of the molecule is N[C@H](CC(=O)c1ccc(I)cc1)C(=O)O. The summed E-state index contributed by atoms with van der Waals surface area (Å²) in [7, 11) is 0. The molecule has 4 nitrogen and oxygen atoms in total. The minimum atomic E-state index is -1.16. The fourth-order valence-electron chi connectivity index (χ4n) is 1.04. The van der Waals surface area contributed by atoms with Crippen molar-refractivity contribution < 1.29 is 14.7 Å². The lowest BCUT2D eigenvalue weighted by molar-refractivity contribution is -0.138. The van der Waals surface area contributed by atoms with Gasteiger partial charge in [0.05, 0.1) is 0 Å². The van der Waals surface area contributed by atoms with Gasteiger partial charge in [-0.1, -0.05) is 12.1 Å². The van der Waals surface area contributed by atoms with Gasteiger partial charge in [0, 0.05) is 15.6 Å². The summed E-state index contributed by atoms with van der Waals surface area (Å²) in [6, 6.07) is 5.79. The number of rotatable bonds is 4. The molecular formula is C10H10INO3. The molecule has 0 radical (unpaired) electrons. The summed E-state index contributed by atoms with van der Waals surface area (Å²) in [4.78, 5) is 22.0. The molecular weight excluding hydrogens is 309 g/mol. The maximum absolute atomic E-state index is 11.5. The Morgan fingerprint density at radius 1 is 1.33 bits per heavy atom. The summed E-state index contributed by atoms with van der Waals surface area (Å²) in [6.45, 7) is 0. The van der Waals surface area contributed by atoms with Crippen molar-refractivity contribution in [1.29, 1.82) is 0 Å². The van der Waals surface area contributed by atoms with Crippen LogP contribution in [0.2, 0.25) is 0 Å². The summed E-state index contributed by atoms with van der Waals surface area (Å²) >= 11 is 2.13. The van der Waals surface area contributed by atoms with Crippen LogP contribution in [-0.4, -0.2) is 22.9 Å². The predicted molar refractivity (Wildman–Crippen MR) is 63.7 cm³/mol. The number of Topliss-reactive ketones (excluding diaryl/α,β-unsaturated/α-hetero) is 1. The standard InChI is InChI=1S/C10H10INO3/c11-7-3-1-6(2-4-7)9(13)5-8(12)10(14)15/h1-4,8H,5,12H2,(H,14,15)/t8-/m1/s1. The van der Waals surface area contributed by atoms with Crippen molar-refractivity contribution in [2.45, 2.75) is 12.5 Å². The molecule has 0 unspecified atom stereocenters. The van der Waals surface area contributed by atoms with Crippen molar-refractivity contribution in [3.8, 4) is 0 Å². The number of nitrogens with two attached hydrogens (primary N) is 1. The lowest BCUT2D eigenvalue weighted by Gasteiger charge is -2.05. The maximum Gasteiger partial charge on any atom is 0.320 e. The topological polar surface area (TPSA) is 80.4 Å². The number of benzene rings is 1. The number of carbonyl (C=O) groups is 2. The van der Waals surface area contributed by atoms with Crippen molar-refractivity contribution in [3.05, 3.63) is 33.4 Å². The summed E-state index contributed by atoms with van der Waals surface area (Å²) < 4.78 is 1.02. The predicted octanol–water partition coefficient (Wildman–Crippen LogP) is 1.28. The molecule has 1 aromatic carbocycles. The number of ketones is 1. The second-order valence-corrected chi connectivity index (χ2v) is 4.32. The van der Waals surface area contributed by atoms with Gasteiger partial charge in [0.1, 0.15) is 6.04 Å². The molecule has 15 heavy (non-hydrogen) atoms. The van der Waals surface area contributed by atoms with Gasteiger partial charge in [-0.05, 0) is 34.7 Å². The van der Waals surface area contributed by atoms with Crippen LogP contribution in [-0.2, 0) is 4.79 Å². The summed E-state index contributed by atoms with van der Waals surface area (Å²) in [6.07, 6.45) is -0.171. The monoisotopic (exact) mass is 319 g/mol. The first kappa shape index (κ1) is 12.1. The van der Waals surface area contributed by atoms with E-state index >= 15 is 0 Å². The van der Waals surface area contributed by atoms with E-state index in [0.29, 0.717) is 5.56 Å². The molecule has 80 valence electrons. The third-order valence-electron chi connectivity index (χ3n) is 1.89. The average Bonchev–Trinajstić information content (AvgIpc) is 2.18. The third-order valence-corrected chi connectivity index (χ3v) is 2.61. The molecule has 1 aromatic rings. The lowest BCUT2D eigenvalue weighted by atomic mass is 10.0. The van der Waals surface area contributed by atoms with Crippen molar-refractivity contribution in [2.24, 2.45) is 5.73 Å². The van der Waals surface area contributed by atoms with E-state index in [2.05, 4.69) is 22.6 Å². The molecule has 0 fully saturated rings. The van der Waals surface area contributed by atoms with E-state index in [1.165, 1.54) is 0 Å². The van der Waals surface area contributed by atoms with Gasteiger partial charge < -0.3 is 10.8 Å². The van der Waals surface area contributed by atoms with Gasteiger partial charge in [-0.25, -0.2) is 0 Å². The second-order valence-electron chi connectivity index (χ2n) is 3.08. The Balaban J connectivity index is 2.69. The number of hydrogen-bond acceptors (Lipinski definition) is 3. The van der Waals surface area contributed by atoms with E-state index in [1.807, 2.05) is 0 Å². The number of carbonyl (C=O) groups excluding carboxylic acids is 1. The molecule has 3 N–H and O–H groups in total. The summed E-state index contributed by atoms with van der Waals surface area (Å²) in [5, 5.41) is 8.54. The van der Waals surface area contributed by atoms with E-state index in [9.17, 15) is 9.59 Å². The highest BCUT2D eigenvalue weighted by Crippen LogP contribution is 2.09. The number of halogens is 1. The molecule has 1 rings (SSSR count). The van der Waals surface area contributed by atoms with E-state index < -0.39 is 12.0 Å². The normalized spacial score (nSPS) is 12.1. The van der Waals surface area contributed by atoms with Gasteiger partial charge in [0.25, 0.3) is 0 Å². The molecule has 5 heteroatoms. The van der Waals surface area contributed by atoms with E-state index in [4.69, 9.17) is 10.8 Å². The number of hydrogen-bond donors (Lipinski definition) is 2. The molecule has 0 spiro atoms. The van der Waals surface area contributed by atoms with Gasteiger partial charge in [-0.2, -0.15) is 0 Å². The third kappa shape index (κ3) is 3.60. The van der Waals surface area contributed by atoms with Gasteiger partial charge in [0.2, 0.25) is 0 Å². The Bertz CT molecular complexity index is 375. The van der Waals surface area contributed by atoms with Crippen LogP contribution in [0, 0.1) is 3.57 Å². The Hall–Kier alpha value is -0.950. The van der Waals surface area contributed by atoms with Crippen LogP contribution in [0.4, 0.5) is 0 Å². The second kappa shape index (κ2) is 5.22. The highest BCUT2D eigenvalue weighted by molar-refractivity contribution is 14.1. The van der Waals surface area contributed by atoms with Gasteiger partial charge in [0.15, 0.2) is 5.78 Å².